The molecule has 0 amide bonds. The Bertz CT molecular complexity index is 2260. The Kier molecular flexibility index (Phi) is 25.0. The minimum atomic E-state index is -0.691. The van der Waals surface area contributed by atoms with E-state index in [2.05, 4.69) is 49.0 Å². The summed E-state index contributed by atoms with van der Waals surface area (Å²) in [6.45, 7) is 13.2. The van der Waals surface area contributed by atoms with Crippen molar-refractivity contribution in [3.05, 3.63) is 91.0 Å². The molecule has 80 heavy (non-hydrogen) atoms. The number of unbranched alkanes of at least 4 members (excludes halogenated alkanes) is 8. The Hall–Kier alpha value is -5.04. The molecule has 0 fully saturated rings. The largest absolute Gasteiger partial charge is 0.507 e. The lowest BCUT2D eigenvalue weighted by molar-refractivity contribution is 0.0497. The van der Waals surface area contributed by atoms with Crippen LogP contribution in [-0.2, 0) is 45.1 Å². The summed E-state index contributed by atoms with van der Waals surface area (Å²) in [6.07, 6.45) is 11.8. The molecule has 3 aliphatic rings. The summed E-state index contributed by atoms with van der Waals surface area (Å²) in [5, 5.41) is 117. The van der Waals surface area contributed by atoms with E-state index >= 15 is 0 Å². The zero-order valence-electron chi connectivity index (χ0n) is 48.5. The van der Waals surface area contributed by atoms with Crippen molar-refractivity contribution in [1.29, 1.82) is 0 Å². The average molecular weight is 1110 g/mol. The number of ether oxygens (including phenoxy) is 4. The lowest BCUT2D eigenvalue weighted by Gasteiger charge is -2.32. The van der Waals surface area contributed by atoms with E-state index in [1.165, 1.54) is 0 Å². The van der Waals surface area contributed by atoms with Gasteiger partial charge in [-0.25, -0.2) is 0 Å². The Labute approximate surface area is 475 Å². The highest BCUT2D eigenvalue weighted by atomic mass is 16.5. The molecule has 12 N–H and O–H groups in total. The van der Waals surface area contributed by atoms with Crippen LogP contribution in [0, 0.1) is 0 Å². The third-order valence-corrected chi connectivity index (χ3v) is 16.8. The van der Waals surface area contributed by atoms with Crippen molar-refractivity contribution in [3.8, 4) is 46.0 Å². The number of benzene rings is 4. The second kappa shape index (κ2) is 32.0. The number of fused-ring (bicyclic) bond motifs is 8. The third-order valence-electron chi connectivity index (χ3n) is 16.8. The molecule has 7 rings (SSSR count). The van der Waals surface area contributed by atoms with E-state index in [9.17, 15) is 40.9 Å². The van der Waals surface area contributed by atoms with Gasteiger partial charge in [-0.05, 0) is 49.9 Å². The number of hydrogen-bond donors (Lipinski definition) is 12. The molecule has 0 spiro atoms. The predicted molar refractivity (Wildman–Crippen MR) is 313 cm³/mol. The van der Waals surface area contributed by atoms with Gasteiger partial charge in [0, 0.05) is 121 Å². The van der Waals surface area contributed by atoms with E-state index in [0.717, 1.165) is 51.4 Å². The van der Waals surface area contributed by atoms with Gasteiger partial charge < -0.3 is 81.1 Å². The fraction of sp³-hybridized carbons (Fsp3) is 0.625. The van der Waals surface area contributed by atoms with Crippen LogP contribution >= 0.6 is 0 Å². The zero-order chi connectivity index (χ0) is 57.0. The molecule has 2 aliphatic heterocycles. The highest BCUT2D eigenvalue weighted by molar-refractivity contribution is 5.67. The molecule has 0 saturated carbocycles. The van der Waals surface area contributed by atoms with Gasteiger partial charge in [0.2, 0.25) is 0 Å². The molecule has 0 unspecified atom stereocenters. The van der Waals surface area contributed by atoms with Gasteiger partial charge in [-0.1, -0.05) is 105 Å². The van der Waals surface area contributed by atoms with E-state index < -0.39 is 23.7 Å². The Balaban J connectivity index is 1.70. The summed E-state index contributed by atoms with van der Waals surface area (Å²) in [5.41, 5.74) is 4.89. The number of nitrogens with one attached hydrogen (secondary N) is 4. The lowest BCUT2D eigenvalue weighted by Crippen LogP contribution is -2.22. The fourth-order valence-electron chi connectivity index (χ4n) is 12.2. The van der Waals surface area contributed by atoms with Gasteiger partial charge in [-0.3, -0.25) is 0 Å². The minimum Gasteiger partial charge on any atom is -0.507 e. The van der Waals surface area contributed by atoms with E-state index in [1.807, 2.05) is 24.3 Å². The highest BCUT2D eigenvalue weighted by Crippen LogP contribution is 2.56. The summed E-state index contributed by atoms with van der Waals surface area (Å²) in [7, 11) is 0. The van der Waals surface area contributed by atoms with Crippen LogP contribution < -0.4 is 21.3 Å². The van der Waals surface area contributed by atoms with Gasteiger partial charge in [-0.2, -0.15) is 0 Å². The average Bonchev–Trinajstić information content (AvgIpc) is 3.55. The molecule has 1 aliphatic carbocycles. The summed E-state index contributed by atoms with van der Waals surface area (Å²) in [6, 6.07) is 7.48. The van der Waals surface area contributed by atoms with Crippen LogP contribution in [0.3, 0.4) is 0 Å². The van der Waals surface area contributed by atoms with E-state index in [4.69, 9.17) is 18.9 Å². The van der Waals surface area contributed by atoms with Gasteiger partial charge >= 0.3 is 0 Å². The van der Waals surface area contributed by atoms with Gasteiger partial charge in [0.1, 0.15) is 46.0 Å². The molecular formula is C64H96N4O12. The monoisotopic (exact) mass is 1110 g/mol. The summed E-state index contributed by atoms with van der Waals surface area (Å²) < 4.78 is 23.7. The van der Waals surface area contributed by atoms with E-state index in [-0.39, 0.29) is 94.4 Å². The fourth-order valence-corrected chi connectivity index (χ4v) is 12.2. The number of aromatic hydroxyl groups is 8. The van der Waals surface area contributed by atoms with Crippen molar-refractivity contribution in [3.63, 3.8) is 0 Å². The number of hydrogen-bond acceptors (Lipinski definition) is 16. The SMILES string of the molecule is CCCCCC1c2cc3c(O)c(c2O)CNCCOCCOCCNCc2c(O)c1cc(c2O)C(CCCCC)c1cc2c(O)c(c1O)CNCCOCCOCCNCc1c(O)c(cc(c1O)C3CCCCC)C2CCCCC. The quantitative estimate of drug-likeness (QED) is 0.0467. The van der Waals surface area contributed by atoms with Crippen LogP contribution in [0.1, 0.15) is 221 Å². The highest BCUT2D eigenvalue weighted by Gasteiger charge is 2.37. The van der Waals surface area contributed by atoms with E-state index in [1.54, 1.807) is 0 Å². The van der Waals surface area contributed by atoms with Crippen molar-refractivity contribution in [2.24, 2.45) is 0 Å². The molecule has 16 heteroatoms. The first-order valence-electron chi connectivity index (χ1n) is 30.4. The molecule has 0 saturated heterocycles. The Morgan fingerprint density at radius 1 is 0.300 bits per heavy atom. The van der Waals surface area contributed by atoms with Crippen molar-refractivity contribution >= 4 is 0 Å². The van der Waals surface area contributed by atoms with Crippen molar-refractivity contribution < 1.29 is 59.8 Å². The van der Waals surface area contributed by atoms with Gasteiger partial charge in [0.15, 0.2) is 0 Å². The Morgan fingerprint density at radius 2 is 0.487 bits per heavy atom. The Morgan fingerprint density at radius 3 is 0.662 bits per heavy atom. The van der Waals surface area contributed by atoms with Crippen LogP contribution in [0.15, 0.2) is 24.3 Å². The molecule has 12 bridgehead atoms. The molecule has 0 atom stereocenters. The summed E-state index contributed by atoms with van der Waals surface area (Å²) >= 11 is 0. The summed E-state index contributed by atoms with van der Waals surface area (Å²) in [5.74, 6) is -3.77. The first-order valence-corrected chi connectivity index (χ1v) is 30.4. The maximum atomic E-state index is 13.0. The molecular weight excluding hydrogens is 1020 g/mol. The molecule has 4 aromatic rings. The smallest absolute Gasteiger partial charge is 0.127 e. The van der Waals surface area contributed by atoms with Crippen LogP contribution in [0.25, 0.3) is 0 Å². The minimum absolute atomic E-state index is 0.0588. The van der Waals surface area contributed by atoms with E-state index in [0.29, 0.717) is 175 Å². The lowest BCUT2D eigenvalue weighted by atomic mass is 9.74. The third kappa shape index (κ3) is 15.3. The van der Waals surface area contributed by atoms with Crippen molar-refractivity contribution in [1.82, 2.24) is 21.3 Å². The number of rotatable bonds is 16. The van der Waals surface area contributed by atoms with Crippen molar-refractivity contribution in [2.75, 3.05) is 79.0 Å². The molecule has 2 heterocycles. The van der Waals surface area contributed by atoms with Gasteiger partial charge in [0.05, 0.1) is 75.1 Å². The van der Waals surface area contributed by atoms with Crippen LogP contribution in [0.4, 0.5) is 0 Å². The normalized spacial score (nSPS) is 20.2. The van der Waals surface area contributed by atoms with Crippen LogP contribution in [0.2, 0.25) is 0 Å². The topological polar surface area (TPSA) is 247 Å². The standard InChI is InChI=1S/C64H96N4O12/c1-5-9-13-17-41-45-33-49-43(19-15-11-7-3)51-35-47-42(18-14-10-6-2)48-36-52(64(76)56(60(48)72)40-68-24-28-80-32-31-79-27-23-67-39-55(59(47)71)63(51)75)44(20-16-12-8-4)50-34-46(41)58(70)54(62(50)74)38-66-22-26-78-30-29-77-25-21-65-37-53(57(45)69)61(49)73/h33-36,41-44,65-76H,5-32,37-40H2,1-4H3. The molecule has 16 nitrogen and oxygen atoms in total. The second-order valence-corrected chi connectivity index (χ2v) is 22.3. The van der Waals surface area contributed by atoms with Crippen LogP contribution in [0.5, 0.6) is 46.0 Å². The maximum Gasteiger partial charge on any atom is 0.127 e. The van der Waals surface area contributed by atoms with Gasteiger partial charge in [0.25, 0.3) is 0 Å². The second-order valence-electron chi connectivity index (χ2n) is 22.3. The first kappa shape index (κ1) is 62.6. The first-order chi connectivity index (χ1) is 39.0. The predicted octanol–water partition coefficient (Wildman–Crippen LogP) is 10.9. The maximum absolute atomic E-state index is 13.0. The van der Waals surface area contributed by atoms with Gasteiger partial charge in [-0.15, -0.1) is 0 Å². The summed E-state index contributed by atoms with van der Waals surface area (Å²) in [4.78, 5) is 0. The molecule has 444 valence electrons. The number of phenolic OH excluding ortho intramolecular Hbond substituents is 8. The van der Waals surface area contributed by atoms with Crippen molar-refractivity contribution in [2.45, 2.75) is 180 Å². The molecule has 0 aromatic heterocycles. The molecule has 4 aromatic carbocycles. The van der Waals surface area contributed by atoms with Crippen LogP contribution in [-0.4, -0.2) is 120 Å². The number of phenols is 8. The molecule has 0 radical (unpaired) electrons. The zero-order valence-corrected chi connectivity index (χ0v) is 48.5.